The molecule has 0 N–H and O–H groups in total. The molecular weight excluding hydrogens is 971 g/mol. The van der Waals surface area contributed by atoms with Crippen molar-refractivity contribution in [3.05, 3.63) is 105 Å². The standard InChI is InChI=1S/C60H81Cl3O9/c1-4-7-16-28-46-34-37-49-43(40-52(61)58(49)67)25-19-11-14-23-32-56(65)71-48(30-18-9-6-3)36-39-51-45(42-54(63)60(51)69)27-21-12-15-24-33-57(66)72-47(29-17-8-5-2)35-38-50-44(41-53(62)59(50)68)26-20-10-13-22-31-55(64)70-46/h10-12,19-21,37-48H,4-9,13-18,22-36H2,1-3H3/b19-11-,20-10-,21-12-,49-37+,50-38+,51-39+/t43-,44-,45-,46-,47-,48-/m0/s1. The van der Waals surface area contributed by atoms with Crippen LogP contribution in [-0.4, -0.2) is 53.6 Å². The average molecular weight is 1050 g/mol. The third-order valence-corrected chi connectivity index (χ3v) is 14.6. The van der Waals surface area contributed by atoms with Gasteiger partial charge in [-0.25, -0.2) is 0 Å². The zero-order chi connectivity index (χ0) is 52.1. The number of hydrogen-bond donors (Lipinski definition) is 0. The van der Waals surface area contributed by atoms with Crippen molar-refractivity contribution < 1.29 is 43.0 Å². The summed E-state index contributed by atoms with van der Waals surface area (Å²) in [5.41, 5.74) is 1.83. The molecule has 396 valence electrons. The van der Waals surface area contributed by atoms with E-state index in [1.807, 2.05) is 54.7 Å². The minimum atomic E-state index is -0.361. The second kappa shape index (κ2) is 34.4. The fourth-order valence-electron chi connectivity index (χ4n) is 9.49. The molecule has 0 amide bonds. The largest absolute Gasteiger partial charge is 0.462 e. The molecule has 12 heteroatoms. The maximum Gasteiger partial charge on any atom is 0.306 e. The van der Waals surface area contributed by atoms with Gasteiger partial charge >= 0.3 is 17.9 Å². The summed E-state index contributed by atoms with van der Waals surface area (Å²) in [5.74, 6) is -2.02. The quantitative estimate of drug-likeness (QED) is 0.0811. The number of halogens is 3. The van der Waals surface area contributed by atoms with Crippen molar-refractivity contribution in [1.29, 1.82) is 0 Å². The van der Waals surface area contributed by atoms with Crippen molar-refractivity contribution in [2.45, 2.75) is 212 Å². The minimum Gasteiger partial charge on any atom is -0.462 e. The van der Waals surface area contributed by atoms with E-state index in [1.165, 1.54) is 0 Å². The van der Waals surface area contributed by atoms with Crippen molar-refractivity contribution in [2.75, 3.05) is 0 Å². The fourth-order valence-corrected chi connectivity index (χ4v) is 10.3. The van der Waals surface area contributed by atoms with Crippen molar-refractivity contribution >= 4 is 70.1 Å². The van der Waals surface area contributed by atoms with E-state index < -0.39 is 0 Å². The van der Waals surface area contributed by atoms with Crippen molar-refractivity contribution in [1.82, 2.24) is 0 Å². The lowest BCUT2D eigenvalue weighted by Gasteiger charge is -2.18. The third-order valence-electron chi connectivity index (χ3n) is 13.7. The number of esters is 3. The number of cyclic esters (lactones) is 3. The maximum absolute atomic E-state index is 13.2. The summed E-state index contributed by atoms with van der Waals surface area (Å²) in [6.45, 7) is 6.38. The topological polar surface area (TPSA) is 130 Å². The van der Waals surface area contributed by atoms with Gasteiger partial charge in [-0.1, -0.05) is 167 Å². The Labute approximate surface area is 445 Å². The van der Waals surface area contributed by atoms with Crippen LogP contribution in [0, 0.1) is 17.8 Å². The van der Waals surface area contributed by atoms with Gasteiger partial charge in [0.25, 0.3) is 0 Å². The molecular formula is C60H81Cl3O9. The first-order valence-corrected chi connectivity index (χ1v) is 28.4. The smallest absolute Gasteiger partial charge is 0.306 e. The molecule has 0 saturated heterocycles. The number of carbonyl (C=O) groups excluding carboxylic acids is 6. The van der Waals surface area contributed by atoms with E-state index in [-0.39, 0.29) is 106 Å². The Morgan fingerprint density at radius 2 is 0.681 bits per heavy atom. The minimum absolute atomic E-state index is 0.193. The number of rotatable bonds is 12. The van der Waals surface area contributed by atoms with Crippen LogP contribution in [0.5, 0.6) is 0 Å². The molecule has 0 radical (unpaired) electrons. The molecule has 0 aromatic heterocycles. The van der Waals surface area contributed by atoms with Crippen molar-refractivity contribution in [3.8, 4) is 0 Å². The van der Waals surface area contributed by atoms with Crippen LogP contribution in [0.1, 0.15) is 194 Å². The first-order chi connectivity index (χ1) is 34.8. The molecule has 4 rings (SSSR count). The molecule has 4 aliphatic rings. The van der Waals surface area contributed by atoms with Crippen LogP contribution in [0.4, 0.5) is 0 Å². The molecule has 9 nitrogen and oxygen atoms in total. The summed E-state index contributed by atoms with van der Waals surface area (Å²) < 4.78 is 18.0. The summed E-state index contributed by atoms with van der Waals surface area (Å²) in [4.78, 5) is 78.9. The summed E-state index contributed by atoms with van der Waals surface area (Å²) in [5, 5.41) is 0.579. The Morgan fingerprint density at radius 1 is 0.403 bits per heavy atom. The van der Waals surface area contributed by atoms with E-state index in [9.17, 15) is 28.8 Å². The molecule has 1 heterocycles. The van der Waals surface area contributed by atoms with Gasteiger partial charge in [0.15, 0.2) is 17.3 Å². The number of fused-ring (bicyclic) bond motifs is 3. The summed E-state index contributed by atoms with van der Waals surface area (Å²) >= 11 is 19.1. The molecule has 0 fully saturated rings. The highest BCUT2D eigenvalue weighted by Crippen LogP contribution is 2.35. The number of Topliss-reactive ketones (excluding diaryl/α,β-unsaturated/α-hetero) is 3. The highest BCUT2D eigenvalue weighted by Gasteiger charge is 2.31. The number of carbonyl (C=O) groups is 6. The van der Waals surface area contributed by atoms with E-state index in [0.29, 0.717) is 113 Å². The van der Waals surface area contributed by atoms with Gasteiger partial charge in [-0.2, -0.15) is 0 Å². The lowest BCUT2D eigenvalue weighted by molar-refractivity contribution is -0.150. The average Bonchev–Trinajstić information content (AvgIpc) is 3.90. The van der Waals surface area contributed by atoms with Crippen LogP contribution in [0.15, 0.2) is 105 Å². The van der Waals surface area contributed by atoms with E-state index >= 15 is 0 Å². The fraction of sp³-hybridized carbons (Fsp3) is 0.600. The number of ether oxygens (including phenoxy) is 3. The molecule has 1 aliphatic heterocycles. The van der Waals surface area contributed by atoms with Gasteiger partial charge < -0.3 is 14.2 Å². The second-order valence-electron chi connectivity index (χ2n) is 19.7. The predicted molar refractivity (Wildman–Crippen MR) is 290 cm³/mol. The predicted octanol–water partition coefficient (Wildman–Crippen LogP) is 15.7. The van der Waals surface area contributed by atoms with Crippen molar-refractivity contribution in [2.24, 2.45) is 17.8 Å². The van der Waals surface area contributed by atoms with Gasteiger partial charge in [0.1, 0.15) is 18.3 Å². The third kappa shape index (κ3) is 21.8. The maximum atomic E-state index is 13.2. The van der Waals surface area contributed by atoms with Crippen LogP contribution in [-0.2, 0) is 43.0 Å². The number of unbranched alkanes of at least 4 members (excludes halogenated alkanes) is 6. The monoisotopic (exact) mass is 1050 g/mol. The number of hydrogen-bond acceptors (Lipinski definition) is 9. The van der Waals surface area contributed by atoms with E-state index in [0.717, 1.165) is 57.8 Å². The van der Waals surface area contributed by atoms with E-state index in [1.54, 1.807) is 18.2 Å². The van der Waals surface area contributed by atoms with Gasteiger partial charge in [-0.15, -0.1) is 0 Å². The lowest BCUT2D eigenvalue weighted by atomic mass is 9.95. The molecule has 72 heavy (non-hydrogen) atoms. The van der Waals surface area contributed by atoms with E-state index in [2.05, 4.69) is 20.8 Å². The summed E-state index contributed by atoms with van der Waals surface area (Å²) in [7, 11) is 0. The van der Waals surface area contributed by atoms with Crippen molar-refractivity contribution in [3.63, 3.8) is 0 Å². The molecule has 0 spiro atoms. The zero-order valence-corrected chi connectivity index (χ0v) is 45.6. The van der Waals surface area contributed by atoms with Crippen LogP contribution in [0.25, 0.3) is 0 Å². The van der Waals surface area contributed by atoms with E-state index in [4.69, 9.17) is 49.0 Å². The molecule has 3 aliphatic carbocycles. The Bertz CT molecular complexity index is 1870. The molecule has 0 saturated carbocycles. The Morgan fingerprint density at radius 3 is 0.944 bits per heavy atom. The molecule has 0 aromatic rings. The van der Waals surface area contributed by atoms with Crippen LogP contribution in [0.3, 0.4) is 0 Å². The Balaban J connectivity index is 1.50. The molecule has 0 aromatic carbocycles. The highest BCUT2D eigenvalue weighted by atomic mass is 35.5. The summed E-state index contributed by atoms with van der Waals surface area (Å²) in [6.07, 6.45) is 40.5. The Kier molecular flexibility index (Phi) is 28.9. The van der Waals surface area contributed by atoms with Gasteiger partial charge in [-0.3, -0.25) is 28.8 Å². The Hall–Kier alpha value is -4.05. The van der Waals surface area contributed by atoms with Gasteiger partial charge in [0.2, 0.25) is 0 Å². The SMILES string of the molecule is CCCCC[C@H]1C/C=C2/C(=O)C(Cl)=C[C@@H]2C/C=C\CCCC(=O)O[C@@H](CCCCC)C/C=C2/C(=O)C(Cl)=C[C@@H]2C/C=C\CCCC(=O)O[C@@H](CCCCC)C/C=C2/C(=O)C(Cl)=C[C@@H]2C/C=C\CCCC(=O)O1. The molecule has 0 unspecified atom stereocenters. The first-order valence-electron chi connectivity index (χ1n) is 27.2. The highest BCUT2D eigenvalue weighted by molar-refractivity contribution is 6.47. The van der Waals surface area contributed by atoms with Gasteiger partial charge in [0, 0.05) is 73.0 Å². The second-order valence-corrected chi connectivity index (χ2v) is 20.9. The number of allylic oxidation sites excluding steroid dienone is 15. The van der Waals surface area contributed by atoms with Crippen LogP contribution in [0.2, 0.25) is 0 Å². The van der Waals surface area contributed by atoms with Gasteiger partial charge in [0.05, 0.1) is 15.1 Å². The summed E-state index contributed by atoms with van der Waals surface area (Å²) in [6, 6.07) is 0. The lowest BCUT2D eigenvalue weighted by Crippen LogP contribution is -2.18. The zero-order valence-electron chi connectivity index (χ0n) is 43.3. The van der Waals surface area contributed by atoms with Crippen LogP contribution < -0.4 is 0 Å². The molecule has 0 bridgehead atoms. The normalized spacial score (nSPS) is 29.2. The first kappa shape index (κ1) is 60.5. The van der Waals surface area contributed by atoms with Gasteiger partial charge in [-0.05, 0) is 96.3 Å². The number of ketones is 3. The van der Waals surface area contributed by atoms with Crippen LogP contribution >= 0.6 is 34.8 Å². The molecule has 6 atom stereocenters.